The summed E-state index contributed by atoms with van der Waals surface area (Å²) in [6.07, 6.45) is 0. The molecule has 0 aromatic heterocycles. The van der Waals surface area contributed by atoms with Crippen LogP contribution in [0.1, 0.15) is 22.8 Å². The van der Waals surface area contributed by atoms with E-state index in [1.165, 1.54) is 6.92 Å². The molecule has 1 aromatic carbocycles. The number of benzene rings is 1. The zero-order valence-electron chi connectivity index (χ0n) is 7.67. The van der Waals surface area contributed by atoms with Crippen LogP contribution in [0.25, 0.3) is 0 Å². The Bertz CT molecular complexity index is 324. The molecule has 0 spiro atoms. The Kier molecular flexibility index (Phi) is 3.73. The summed E-state index contributed by atoms with van der Waals surface area (Å²) >= 11 is 0. The monoisotopic (exact) mass is 197 g/mol. The molecule has 5 heteroatoms. The third kappa shape index (κ3) is 2.90. The van der Waals surface area contributed by atoms with Crippen molar-refractivity contribution in [2.45, 2.75) is 13.5 Å². The molecule has 0 atom stereocenters. The van der Waals surface area contributed by atoms with Crippen LogP contribution in [-0.4, -0.2) is 21.6 Å². The van der Waals surface area contributed by atoms with E-state index in [9.17, 15) is 4.79 Å². The molecule has 0 unspecified atom stereocenters. The third-order valence-corrected chi connectivity index (χ3v) is 1.73. The minimum atomic E-state index is -0.378. The van der Waals surface area contributed by atoms with Crippen LogP contribution in [0, 0.1) is 0 Å². The Morgan fingerprint density at radius 3 is 2.64 bits per heavy atom. The first-order valence-corrected chi connectivity index (χ1v) is 4.01. The predicted molar refractivity (Wildman–Crippen MR) is 46.6 cm³/mol. The summed E-state index contributed by atoms with van der Waals surface area (Å²) in [7, 11) is 0. The van der Waals surface area contributed by atoms with Gasteiger partial charge in [0.2, 0.25) is 0 Å². The summed E-state index contributed by atoms with van der Waals surface area (Å²) < 4.78 is 0. The van der Waals surface area contributed by atoms with E-state index in [0.717, 1.165) is 0 Å². The molecule has 1 aromatic rings. The molecule has 0 saturated carbocycles. The molecule has 0 heterocycles. The minimum absolute atomic E-state index is 0.0667. The predicted octanol–water partition coefficient (Wildman–Crippen LogP) is 1.40. The summed E-state index contributed by atoms with van der Waals surface area (Å²) in [5, 5.41) is 16.3. The van der Waals surface area contributed by atoms with Gasteiger partial charge in [-0.1, -0.05) is 24.3 Å². The van der Waals surface area contributed by atoms with Gasteiger partial charge in [0, 0.05) is 5.56 Å². The van der Waals surface area contributed by atoms with Crippen LogP contribution in [0.3, 0.4) is 0 Å². The van der Waals surface area contributed by atoms with E-state index in [-0.39, 0.29) is 17.8 Å². The molecule has 0 fully saturated rings. The van der Waals surface area contributed by atoms with Crippen LogP contribution in [-0.2, 0) is 11.4 Å². The van der Waals surface area contributed by atoms with Crippen molar-refractivity contribution in [1.82, 2.24) is 5.39 Å². The van der Waals surface area contributed by atoms with Gasteiger partial charge >= 0.3 is 0 Å². The van der Waals surface area contributed by atoms with Gasteiger partial charge in [0.15, 0.2) is 5.78 Å². The SMILES string of the molecule is CC(=O)c1ccccc1CON(O)O. The number of nitrogens with zero attached hydrogens (tertiary/aromatic N) is 1. The molecule has 5 nitrogen and oxygen atoms in total. The molecular weight excluding hydrogens is 186 g/mol. The first kappa shape index (κ1) is 10.8. The summed E-state index contributed by atoms with van der Waals surface area (Å²) in [5.41, 5.74) is 1.11. The van der Waals surface area contributed by atoms with Crippen molar-refractivity contribution in [1.29, 1.82) is 0 Å². The summed E-state index contributed by atoms with van der Waals surface area (Å²) in [6, 6.07) is 6.81. The molecule has 1 rings (SSSR count). The summed E-state index contributed by atoms with van der Waals surface area (Å²) in [5.74, 6) is -0.0911. The van der Waals surface area contributed by atoms with Crippen molar-refractivity contribution >= 4 is 5.78 Å². The Morgan fingerprint density at radius 2 is 2.07 bits per heavy atom. The second-order valence-corrected chi connectivity index (χ2v) is 2.74. The van der Waals surface area contributed by atoms with E-state index >= 15 is 0 Å². The molecule has 0 aliphatic heterocycles. The highest BCUT2D eigenvalue weighted by atomic mass is 17.1. The van der Waals surface area contributed by atoms with Crippen molar-refractivity contribution in [3.63, 3.8) is 0 Å². The van der Waals surface area contributed by atoms with Crippen molar-refractivity contribution in [2.75, 3.05) is 0 Å². The van der Waals surface area contributed by atoms with Gasteiger partial charge in [-0.05, 0) is 12.5 Å². The number of Topliss-reactive ketones (excluding diaryl/α,β-unsaturated/α-hetero) is 1. The van der Waals surface area contributed by atoms with Gasteiger partial charge < -0.3 is 0 Å². The second-order valence-electron chi connectivity index (χ2n) is 2.74. The lowest BCUT2D eigenvalue weighted by molar-refractivity contribution is -0.497. The smallest absolute Gasteiger partial charge is 0.160 e. The van der Waals surface area contributed by atoms with Gasteiger partial charge in [0.1, 0.15) is 0 Å². The van der Waals surface area contributed by atoms with Crippen LogP contribution < -0.4 is 0 Å². The van der Waals surface area contributed by atoms with E-state index in [1.807, 2.05) is 0 Å². The first-order chi connectivity index (χ1) is 6.61. The van der Waals surface area contributed by atoms with E-state index in [0.29, 0.717) is 11.1 Å². The van der Waals surface area contributed by atoms with Crippen molar-refractivity contribution in [3.8, 4) is 0 Å². The van der Waals surface area contributed by atoms with Crippen molar-refractivity contribution in [2.24, 2.45) is 0 Å². The van der Waals surface area contributed by atoms with Crippen LogP contribution in [0.4, 0.5) is 0 Å². The van der Waals surface area contributed by atoms with Crippen LogP contribution in [0.5, 0.6) is 0 Å². The molecular formula is C9H11NO4. The van der Waals surface area contributed by atoms with Gasteiger partial charge in [-0.25, -0.2) is 4.84 Å². The van der Waals surface area contributed by atoms with E-state index < -0.39 is 0 Å². The van der Waals surface area contributed by atoms with Gasteiger partial charge in [-0.3, -0.25) is 15.2 Å². The van der Waals surface area contributed by atoms with Crippen LogP contribution in [0.2, 0.25) is 0 Å². The molecule has 14 heavy (non-hydrogen) atoms. The Balaban J connectivity index is 2.79. The lowest BCUT2D eigenvalue weighted by Gasteiger charge is -2.08. The van der Waals surface area contributed by atoms with Crippen LogP contribution >= 0.6 is 0 Å². The number of carbonyl (C=O) groups is 1. The first-order valence-electron chi connectivity index (χ1n) is 4.01. The normalized spacial score (nSPS) is 10.6. The highest BCUT2D eigenvalue weighted by Crippen LogP contribution is 2.10. The highest BCUT2D eigenvalue weighted by Gasteiger charge is 2.07. The molecule has 2 N–H and O–H groups in total. The number of hydrogen-bond donors (Lipinski definition) is 2. The lowest BCUT2D eigenvalue weighted by atomic mass is 10.1. The zero-order valence-corrected chi connectivity index (χ0v) is 7.67. The maximum Gasteiger partial charge on any atom is 0.160 e. The number of carbonyl (C=O) groups excluding carboxylic acids is 1. The van der Waals surface area contributed by atoms with E-state index in [4.69, 9.17) is 10.4 Å². The largest absolute Gasteiger partial charge is 0.294 e. The Hall–Kier alpha value is -1.27. The standard InChI is InChI=1S/C9H11NO4/c1-7(11)9-5-3-2-4-8(9)6-14-10(12)13/h2-5,12-13H,6H2,1H3. The molecule has 0 aliphatic rings. The van der Waals surface area contributed by atoms with E-state index in [1.54, 1.807) is 24.3 Å². The van der Waals surface area contributed by atoms with Gasteiger partial charge in [-0.15, -0.1) is 0 Å². The molecule has 76 valence electrons. The maximum atomic E-state index is 11.1. The number of hydrogen-bond acceptors (Lipinski definition) is 5. The molecule has 0 amide bonds. The lowest BCUT2D eigenvalue weighted by Crippen LogP contribution is -2.15. The van der Waals surface area contributed by atoms with Crippen molar-refractivity contribution in [3.05, 3.63) is 35.4 Å². The van der Waals surface area contributed by atoms with Crippen LogP contribution in [0.15, 0.2) is 24.3 Å². The second kappa shape index (κ2) is 4.83. The maximum absolute atomic E-state index is 11.1. The van der Waals surface area contributed by atoms with Gasteiger partial charge in [0.05, 0.1) is 12.0 Å². The molecule has 0 saturated heterocycles. The summed E-state index contributed by atoms with van der Waals surface area (Å²) in [4.78, 5) is 15.5. The molecule has 0 bridgehead atoms. The van der Waals surface area contributed by atoms with Gasteiger partial charge in [-0.2, -0.15) is 0 Å². The number of rotatable bonds is 4. The minimum Gasteiger partial charge on any atom is -0.294 e. The quantitative estimate of drug-likeness (QED) is 0.564. The third-order valence-electron chi connectivity index (χ3n) is 1.73. The average molecular weight is 197 g/mol. The van der Waals surface area contributed by atoms with Crippen molar-refractivity contribution < 1.29 is 20.0 Å². The number of ketones is 1. The molecule has 0 aliphatic carbocycles. The van der Waals surface area contributed by atoms with Gasteiger partial charge in [0.25, 0.3) is 0 Å². The molecule has 0 radical (unpaired) electrons. The fraction of sp³-hybridized carbons (Fsp3) is 0.222. The van der Waals surface area contributed by atoms with E-state index in [2.05, 4.69) is 4.84 Å². The highest BCUT2D eigenvalue weighted by molar-refractivity contribution is 5.95. The topological polar surface area (TPSA) is 70.0 Å². The zero-order chi connectivity index (χ0) is 10.6. The average Bonchev–Trinajstić information content (AvgIpc) is 2.15. The fourth-order valence-electron chi connectivity index (χ4n) is 1.12. The fourth-order valence-corrected chi connectivity index (χ4v) is 1.12. The Labute approximate surface area is 81.0 Å². The Morgan fingerprint density at radius 1 is 1.43 bits per heavy atom. The summed E-state index contributed by atoms with van der Waals surface area (Å²) in [6.45, 7) is 1.37.